The normalized spacial score (nSPS) is 15.2. The van der Waals surface area contributed by atoms with E-state index < -0.39 is 0 Å². The molecule has 128 valence electrons. The third kappa shape index (κ3) is 3.36. The summed E-state index contributed by atoms with van der Waals surface area (Å²) < 4.78 is 5.43. The highest BCUT2D eigenvalue weighted by Gasteiger charge is 2.25. The van der Waals surface area contributed by atoms with Crippen LogP contribution in [0.5, 0.6) is 5.75 Å². The van der Waals surface area contributed by atoms with Crippen LogP contribution in [0.2, 0.25) is 0 Å². The third-order valence-electron chi connectivity index (χ3n) is 4.44. The average molecular weight is 327 g/mol. The van der Waals surface area contributed by atoms with E-state index in [1.165, 1.54) is 0 Å². The minimum absolute atomic E-state index is 0.00495. The highest BCUT2D eigenvalue weighted by Crippen LogP contribution is 2.24. The van der Waals surface area contributed by atoms with E-state index in [0.29, 0.717) is 6.54 Å². The average Bonchev–Trinajstić information content (AvgIpc) is 2.55. The number of nitrogens with zero attached hydrogens (tertiary/aromatic N) is 2. The number of H-pyrrole nitrogens is 1. The van der Waals surface area contributed by atoms with Crippen molar-refractivity contribution in [2.75, 3.05) is 13.7 Å². The number of aromatic amines is 1. The van der Waals surface area contributed by atoms with Gasteiger partial charge in [-0.25, -0.2) is 4.98 Å². The second-order valence-corrected chi connectivity index (χ2v) is 7.36. The van der Waals surface area contributed by atoms with Gasteiger partial charge in [0.2, 0.25) is 0 Å². The Morgan fingerprint density at radius 2 is 2.04 bits per heavy atom. The number of fused-ring (bicyclic) bond motifs is 1. The summed E-state index contributed by atoms with van der Waals surface area (Å²) >= 11 is 0. The maximum absolute atomic E-state index is 12.5. The number of benzene rings is 1. The largest absolute Gasteiger partial charge is 0.496 e. The zero-order valence-corrected chi connectivity index (χ0v) is 14.8. The minimum atomic E-state index is -0.150. The van der Waals surface area contributed by atoms with Crippen LogP contribution in [0, 0.1) is 0 Å². The van der Waals surface area contributed by atoms with Crippen LogP contribution in [0.15, 0.2) is 29.1 Å². The van der Waals surface area contributed by atoms with Gasteiger partial charge in [-0.15, -0.1) is 0 Å². The van der Waals surface area contributed by atoms with Crippen LogP contribution in [-0.2, 0) is 24.9 Å². The molecule has 5 heteroatoms. The number of rotatable bonds is 3. The summed E-state index contributed by atoms with van der Waals surface area (Å²) in [5.74, 6) is 1.66. The molecule has 1 N–H and O–H groups in total. The summed E-state index contributed by atoms with van der Waals surface area (Å²) in [5, 5.41) is 0. The quantitative estimate of drug-likeness (QED) is 0.941. The van der Waals surface area contributed by atoms with Crippen molar-refractivity contribution in [1.82, 2.24) is 14.9 Å². The van der Waals surface area contributed by atoms with Crippen LogP contribution in [-0.4, -0.2) is 28.5 Å². The predicted octanol–water partition coefficient (Wildman–Crippen LogP) is 2.63. The van der Waals surface area contributed by atoms with Crippen LogP contribution in [0.1, 0.15) is 43.4 Å². The molecule has 5 nitrogen and oxygen atoms in total. The van der Waals surface area contributed by atoms with Crippen molar-refractivity contribution in [3.05, 3.63) is 57.3 Å². The number of methoxy groups -OCH3 is 1. The lowest BCUT2D eigenvalue weighted by Gasteiger charge is -2.29. The van der Waals surface area contributed by atoms with Gasteiger partial charge in [0, 0.05) is 37.0 Å². The van der Waals surface area contributed by atoms with Crippen LogP contribution >= 0.6 is 0 Å². The second kappa shape index (κ2) is 6.40. The number of nitrogens with one attached hydrogen (secondary N) is 1. The molecule has 0 saturated carbocycles. The number of para-hydroxylation sites is 1. The first-order valence-corrected chi connectivity index (χ1v) is 8.35. The van der Waals surface area contributed by atoms with Gasteiger partial charge >= 0.3 is 0 Å². The van der Waals surface area contributed by atoms with Crippen LogP contribution in [0.25, 0.3) is 0 Å². The molecular weight excluding hydrogens is 302 g/mol. The number of ether oxygens (including phenoxy) is 1. The molecule has 0 unspecified atom stereocenters. The van der Waals surface area contributed by atoms with Gasteiger partial charge in [0.15, 0.2) is 0 Å². The molecule has 0 atom stereocenters. The first-order chi connectivity index (χ1) is 11.4. The fourth-order valence-electron chi connectivity index (χ4n) is 3.05. The highest BCUT2D eigenvalue weighted by atomic mass is 16.5. The molecule has 0 amide bonds. The summed E-state index contributed by atoms with van der Waals surface area (Å²) in [5.41, 5.74) is 2.72. The van der Waals surface area contributed by atoms with Crippen molar-refractivity contribution >= 4 is 0 Å². The monoisotopic (exact) mass is 327 g/mol. The molecule has 1 aromatic carbocycles. The zero-order chi connectivity index (χ0) is 17.3. The lowest BCUT2D eigenvalue weighted by atomic mass is 9.95. The molecule has 0 bridgehead atoms. The van der Waals surface area contributed by atoms with Gasteiger partial charge in [-0.05, 0) is 6.07 Å². The molecule has 1 aliphatic heterocycles. The van der Waals surface area contributed by atoms with Crippen molar-refractivity contribution in [2.45, 2.75) is 45.7 Å². The van der Waals surface area contributed by atoms with E-state index in [4.69, 9.17) is 9.72 Å². The molecular formula is C19H25N3O2. The topological polar surface area (TPSA) is 58.2 Å². The van der Waals surface area contributed by atoms with Crippen LogP contribution < -0.4 is 10.3 Å². The molecule has 0 saturated heterocycles. The fourth-order valence-corrected chi connectivity index (χ4v) is 3.05. The lowest BCUT2D eigenvalue weighted by Crippen LogP contribution is -2.37. The molecule has 2 aromatic rings. The van der Waals surface area contributed by atoms with Gasteiger partial charge in [0.05, 0.1) is 18.4 Å². The van der Waals surface area contributed by atoms with E-state index in [-0.39, 0.29) is 11.0 Å². The Kier molecular flexibility index (Phi) is 4.45. The molecule has 1 aromatic heterocycles. The predicted molar refractivity (Wildman–Crippen MR) is 94.4 cm³/mol. The van der Waals surface area contributed by atoms with Gasteiger partial charge in [-0.2, -0.15) is 0 Å². The van der Waals surface area contributed by atoms with Crippen molar-refractivity contribution < 1.29 is 4.74 Å². The van der Waals surface area contributed by atoms with Gasteiger partial charge in [-0.3, -0.25) is 9.69 Å². The minimum Gasteiger partial charge on any atom is -0.496 e. The van der Waals surface area contributed by atoms with Gasteiger partial charge in [-0.1, -0.05) is 39.0 Å². The van der Waals surface area contributed by atoms with Crippen molar-refractivity contribution in [3.63, 3.8) is 0 Å². The van der Waals surface area contributed by atoms with E-state index in [1.807, 2.05) is 18.2 Å². The van der Waals surface area contributed by atoms with Crippen molar-refractivity contribution in [1.29, 1.82) is 0 Å². The Hall–Kier alpha value is -2.14. The molecule has 1 aliphatic rings. The molecule has 0 fully saturated rings. The first kappa shape index (κ1) is 16.7. The van der Waals surface area contributed by atoms with E-state index >= 15 is 0 Å². The Morgan fingerprint density at radius 3 is 2.75 bits per heavy atom. The smallest absolute Gasteiger partial charge is 0.255 e. The second-order valence-electron chi connectivity index (χ2n) is 7.36. The Balaban J connectivity index is 1.84. The standard InChI is InChI=1S/C19H25N3O2/c1-19(2,3)18-20-15-9-10-22(12-14(15)17(23)21-18)11-13-7-5-6-8-16(13)24-4/h5-8H,9-12H2,1-4H3,(H,20,21,23). The van der Waals surface area contributed by atoms with Crippen LogP contribution in [0.3, 0.4) is 0 Å². The zero-order valence-electron chi connectivity index (χ0n) is 14.8. The molecule has 0 aliphatic carbocycles. The van der Waals surface area contributed by atoms with Crippen LogP contribution in [0.4, 0.5) is 0 Å². The van der Waals surface area contributed by atoms with Gasteiger partial charge in [0.25, 0.3) is 5.56 Å². The first-order valence-electron chi connectivity index (χ1n) is 8.35. The summed E-state index contributed by atoms with van der Waals surface area (Å²) in [7, 11) is 1.69. The van der Waals surface area contributed by atoms with E-state index in [2.05, 4.69) is 36.7 Å². The summed E-state index contributed by atoms with van der Waals surface area (Å²) in [4.78, 5) is 22.5. The Morgan fingerprint density at radius 1 is 1.29 bits per heavy atom. The highest BCUT2D eigenvalue weighted by molar-refractivity contribution is 5.33. The summed E-state index contributed by atoms with van der Waals surface area (Å²) in [6.45, 7) is 8.48. The molecule has 24 heavy (non-hydrogen) atoms. The van der Waals surface area contributed by atoms with E-state index in [1.54, 1.807) is 7.11 Å². The maximum Gasteiger partial charge on any atom is 0.255 e. The molecule has 2 heterocycles. The molecule has 3 rings (SSSR count). The summed E-state index contributed by atoms with van der Waals surface area (Å²) in [6, 6.07) is 8.02. The Labute approximate surface area is 142 Å². The Bertz CT molecular complexity index is 790. The number of hydrogen-bond acceptors (Lipinski definition) is 4. The number of hydrogen-bond donors (Lipinski definition) is 1. The van der Waals surface area contributed by atoms with E-state index in [0.717, 1.165) is 47.9 Å². The molecule has 0 spiro atoms. The summed E-state index contributed by atoms with van der Waals surface area (Å²) in [6.07, 6.45) is 0.803. The van der Waals surface area contributed by atoms with Crippen molar-refractivity contribution in [3.8, 4) is 5.75 Å². The lowest BCUT2D eigenvalue weighted by molar-refractivity contribution is 0.237. The maximum atomic E-state index is 12.5. The van der Waals surface area contributed by atoms with Crippen molar-refractivity contribution in [2.24, 2.45) is 0 Å². The fraction of sp³-hybridized carbons (Fsp3) is 0.474. The number of aromatic nitrogens is 2. The SMILES string of the molecule is COc1ccccc1CN1CCc2nc(C(C)(C)C)[nH]c(=O)c2C1. The van der Waals surface area contributed by atoms with Gasteiger partial charge < -0.3 is 9.72 Å². The molecule has 0 radical (unpaired) electrons. The van der Waals surface area contributed by atoms with E-state index in [9.17, 15) is 4.79 Å². The third-order valence-corrected chi connectivity index (χ3v) is 4.44. The van der Waals surface area contributed by atoms with Gasteiger partial charge in [0.1, 0.15) is 11.6 Å².